The Labute approximate surface area is 77.2 Å². The summed E-state index contributed by atoms with van der Waals surface area (Å²) in [7, 11) is 0. The molecule has 1 aliphatic rings. The summed E-state index contributed by atoms with van der Waals surface area (Å²) in [5.41, 5.74) is 1.24. The van der Waals surface area contributed by atoms with E-state index in [1.807, 2.05) is 19.9 Å². The van der Waals surface area contributed by atoms with Crippen molar-refractivity contribution in [3.63, 3.8) is 0 Å². The van der Waals surface area contributed by atoms with Crippen LogP contribution in [0.15, 0.2) is 11.6 Å². The summed E-state index contributed by atoms with van der Waals surface area (Å²) in [5.74, 6) is -0.887. The molecule has 0 unspecified atom stereocenters. The van der Waals surface area contributed by atoms with Crippen LogP contribution in [0.3, 0.4) is 0 Å². The molecule has 0 aromatic rings. The number of carboxylic acids is 1. The highest BCUT2D eigenvalue weighted by Gasteiger charge is 2.42. The lowest BCUT2D eigenvalue weighted by Gasteiger charge is -2.32. The Bertz CT molecular complexity index is 235. The lowest BCUT2D eigenvalue weighted by Crippen LogP contribution is -2.40. The van der Waals surface area contributed by atoms with E-state index in [9.17, 15) is 4.79 Å². The summed E-state index contributed by atoms with van der Waals surface area (Å²) < 4.78 is 0. The maximum Gasteiger partial charge on any atom is 0.325 e. The zero-order valence-corrected chi connectivity index (χ0v) is 8.06. The summed E-state index contributed by atoms with van der Waals surface area (Å²) in [6.45, 7) is 3.90. The Morgan fingerprint density at radius 3 is 2.83 bits per heavy atom. The number of hydrogen-bond acceptors (Lipinski definition) is 1. The molecule has 0 saturated carbocycles. The van der Waals surface area contributed by atoms with Crippen LogP contribution in [0.5, 0.6) is 0 Å². The van der Waals surface area contributed by atoms with Gasteiger partial charge in [-0.15, -0.1) is 11.6 Å². The van der Waals surface area contributed by atoms with E-state index in [0.29, 0.717) is 6.42 Å². The van der Waals surface area contributed by atoms with Gasteiger partial charge in [-0.05, 0) is 25.7 Å². The second-order valence-corrected chi connectivity index (χ2v) is 4.20. The quantitative estimate of drug-likeness (QED) is 0.507. The second kappa shape index (κ2) is 3.09. The van der Waals surface area contributed by atoms with Gasteiger partial charge in [0.25, 0.3) is 0 Å². The highest BCUT2D eigenvalue weighted by atomic mass is 35.5. The van der Waals surface area contributed by atoms with Gasteiger partial charge in [0, 0.05) is 0 Å². The molecule has 0 saturated heterocycles. The van der Waals surface area contributed by atoms with Crippen molar-refractivity contribution in [2.75, 3.05) is 0 Å². The summed E-state index contributed by atoms with van der Waals surface area (Å²) in [6, 6.07) is 0. The van der Waals surface area contributed by atoms with Crippen LogP contribution in [-0.4, -0.2) is 16.0 Å². The molecular formula is C9H13ClO2. The minimum atomic E-state index is -1.07. The number of carboxylic acid groups (broad SMARTS) is 1. The number of aliphatic carboxylic acids is 1. The van der Waals surface area contributed by atoms with E-state index in [4.69, 9.17) is 16.7 Å². The molecule has 0 aliphatic heterocycles. The fourth-order valence-corrected chi connectivity index (χ4v) is 1.70. The van der Waals surface area contributed by atoms with Crippen molar-refractivity contribution >= 4 is 17.6 Å². The van der Waals surface area contributed by atoms with Crippen molar-refractivity contribution < 1.29 is 9.90 Å². The average molecular weight is 189 g/mol. The summed E-state index contributed by atoms with van der Waals surface area (Å²) in [4.78, 5) is 9.76. The first kappa shape index (κ1) is 9.59. The molecule has 2 atom stereocenters. The number of allylic oxidation sites excluding steroid dienone is 2. The Morgan fingerprint density at radius 2 is 2.42 bits per heavy atom. The van der Waals surface area contributed by atoms with Gasteiger partial charge in [-0.25, -0.2) is 0 Å². The molecule has 3 heteroatoms. The predicted octanol–water partition coefficient (Wildman–Crippen LogP) is 2.42. The number of rotatable bonds is 1. The number of alkyl halides is 1. The summed E-state index contributed by atoms with van der Waals surface area (Å²) in [5, 5.41) is 8.89. The smallest absolute Gasteiger partial charge is 0.325 e. The molecule has 2 nitrogen and oxygen atoms in total. The van der Waals surface area contributed by atoms with Crippen molar-refractivity contribution in [3.05, 3.63) is 11.6 Å². The molecule has 12 heavy (non-hydrogen) atoms. The van der Waals surface area contributed by atoms with E-state index < -0.39 is 10.8 Å². The van der Waals surface area contributed by atoms with Crippen molar-refractivity contribution in [2.24, 2.45) is 5.92 Å². The van der Waals surface area contributed by atoms with Crippen LogP contribution in [0.4, 0.5) is 0 Å². The van der Waals surface area contributed by atoms with Crippen LogP contribution in [0.25, 0.3) is 0 Å². The van der Waals surface area contributed by atoms with Gasteiger partial charge in [-0.1, -0.05) is 18.6 Å². The lowest BCUT2D eigenvalue weighted by molar-refractivity contribution is -0.141. The fourth-order valence-electron chi connectivity index (χ4n) is 1.55. The van der Waals surface area contributed by atoms with Gasteiger partial charge in [0.1, 0.15) is 4.87 Å². The summed E-state index contributed by atoms with van der Waals surface area (Å²) >= 11 is 5.98. The van der Waals surface area contributed by atoms with Gasteiger partial charge in [-0.3, -0.25) is 4.79 Å². The third-order valence-electron chi connectivity index (χ3n) is 2.51. The molecule has 0 bridgehead atoms. The van der Waals surface area contributed by atoms with Crippen LogP contribution in [0.1, 0.15) is 26.7 Å². The van der Waals surface area contributed by atoms with E-state index in [1.54, 1.807) is 0 Å². The molecule has 0 spiro atoms. The first-order valence-electron chi connectivity index (χ1n) is 4.05. The SMILES string of the molecule is CC1=CC[C@@](Cl)(C(=O)O)[C@@H](C)C1. The second-order valence-electron chi connectivity index (χ2n) is 3.53. The molecule has 0 aromatic heterocycles. The molecule has 1 aliphatic carbocycles. The number of halogens is 1. The van der Waals surface area contributed by atoms with Crippen LogP contribution < -0.4 is 0 Å². The van der Waals surface area contributed by atoms with Gasteiger partial charge in [0.15, 0.2) is 0 Å². The summed E-state index contributed by atoms with van der Waals surface area (Å²) in [6.07, 6.45) is 3.15. The largest absolute Gasteiger partial charge is 0.480 e. The molecule has 1 rings (SSSR count). The van der Waals surface area contributed by atoms with Gasteiger partial charge in [0.2, 0.25) is 0 Å². The maximum absolute atomic E-state index is 10.8. The number of hydrogen-bond donors (Lipinski definition) is 1. The van der Waals surface area contributed by atoms with E-state index >= 15 is 0 Å². The Morgan fingerprint density at radius 1 is 1.83 bits per heavy atom. The Hall–Kier alpha value is -0.500. The van der Waals surface area contributed by atoms with E-state index in [-0.39, 0.29) is 5.92 Å². The average Bonchev–Trinajstić information content (AvgIpc) is 1.97. The highest BCUT2D eigenvalue weighted by Crippen LogP contribution is 2.38. The highest BCUT2D eigenvalue weighted by molar-refractivity contribution is 6.34. The van der Waals surface area contributed by atoms with Crippen molar-refractivity contribution in [3.8, 4) is 0 Å². The zero-order chi connectivity index (χ0) is 9.35. The van der Waals surface area contributed by atoms with Crippen molar-refractivity contribution in [1.82, 2.24) is 0 Å². The zero-order valence-electron chi connectivity index (χ0n) is 7.30. The van der Waals surface area contributed by atoms with Gasteiger partial charge in [-0.2, -0.15) is 0 Å². The molecule has 1 N–H and O–H groups in total. The normalized spacial score (nSPS) is 35.9. The van der Waals surface area contributed by atoms with Crippen LogP contribution in [-0.2, 0) is 4.79 Å². The minimum Gasteiger partial charge on any atom is -0.480 e. The first-order chi connectivity index (χ1) is 5.47. The molecule has 0 aromatic carbocycles. The molecule has 0 amide bonds. The van der Waals surface area contributed by atoms with E-state index in [2.05, 4.69) is 0 Å². The molecule has 0 radical (unpaired) electrons. The van der Waals surface area contributed by atoms with Crippen LogP contribution >= 0.6 is 11.6 Å². The lowest BCUT2D eigenvalue weighted by atomic mass is 9.80. The van der Waals surface area contributed by atoms with E-state index in [0.717, 1.165) is 6.42 Å². The monoisotopic (exact) mass is 188 g/mol. The van der Waals surface area contributed by atoms with E-state index in [1.165, 1.54) is 5.57 Å². The van der Waals surface area contributed by atoms with Gasteiger partial charge in [0.05, 0.1) is 0 Å². The molecule has 0 heterocycles. The topological polar surface area (TPSA) is 37.3 Å². The number of carbonyl (C=O) groups is 1. The third-order valence-corrected chi connectivity index (χ3v) is 3.20. The predicted molar refractivity (Wildman–Crippen MR) is 48.4 cm³/mol. The minimum absolute atomic E-state index is 0.0154. The molecular weight excluding hydrogens is 176 g/mol. The first-order valence-corrected chi connectivity index (χ1v) is 4.42. The fraction of sp³-hybridized carbons (Fsp3) is 0.667. The van der Waals surface area contributed by atoms with Crippen molar-refractivity contribution in [1.29, 1.82) is 0 Å². The third kappa shape index (κ3) is 1.48. The van der Waals surface area contributed by atoms with Crippen LogP contribution in [0, 0.1) is 5.92 Å². The maximum atomic E-state index is 10.8. The molecule has 68 valence electrons. The van der Waals surface area contributed by atoms with Crippen molar-refractivity contribution in [2.45, 2.75) is 31.6 Å². The molecule has 0 fully saturated rings. The van der Waals surface area contributed by atoms with Gasteiger partial charge >= 0.3 is 5.97 Å². The standard InChI is InChI=1S/C9H13ClO2/c1-6-3-4-9(10,8(11)12)7(2)5-6/h3,7H,4-5H2,1-2H3,(H,11,12)/t7-,9-/m0/s1. The Balaban J connectivity index is 2.88. The Kier molecular flexibility index (Phi) is 2.47. The van der Waals surface area contributed by atoms with Gasteiger partial charge < -0.3 is 5.11 Å². The van der Waals surface area contributed by atoms with Crippen LogP contribution in [0.2, 0.25) is 0 Å².